The van der Waals surface area contributed by atoms with Crippen LogP contribution in [0.4, 0.5) is 11.4 Å². The molecule has 0 aromatic heterocycles. The highest BCUT2D eigenvalue weighted by Gasteiger charge is 2.34. The molecule has 2 fully saturated rings. The Morgan fingerprint density at radius 3 is 2.76 bits per heavy atom. The molecule has 1 heterocycles. The molecule has 7 nitrogen and oxygen atoms in total. The topological polar surface area (TPSA) is 102 Å². The zero-order chi connectivity index (χ0) is 15.0. The van der Waals surface area contributed by atoms with E-state index in [0.717, 1.165) is 19.5 Å². The molecule has 0 spiro atoms. The number of nitrogens with one attached hydrogen (secondary N) is 1. The van der Waals surface area contributed by atoms with Crippen molar-refractivity contribution in [3.63, 3.8) is 0 Å². The second-order valence-corrected chi connectivity index (χ2v) is 5.71. The number of rotatable bonds is 5. The molecule has 112 valence electrons. The van der Waals surface area contributed by atoms with Gasteiger partial charge in [0.1, 0.15) is 5.69 Å². The lowest BCUT2D eigenvalue weighted by atomic mass is 10.1. The minimum atomic E-state index is -0.584. The largest absolute Gasteiger partial charge is 0.375 e. The van der Waals surface area contributed by atoms with Crippen molar-refractivity contribution in [3.05, 3.63) is 33.9 Å². The van der Waals surface area contributed by atoms with Crippen LogP contribution in [-0.4, -0.2) is 40.9 Å². The number of benzene rings is 1. The van der Waals surface area contributed by atoms with E-state index in [2.05, 4.69) is 10.2 Å². The predicted octanol–water partition coefficient (Wildman–Crippen LogP) is 1.34. The smallest absolute Gasteiger partial charge is 0.292 e. The fraction of sp³-hybridized carbons (Fsp3) is 0.500. The summed E-state index contributed by atoms with van der Waals surface area (Å²) in [6.45, 7) is 1.91. The number of likely N-dealkylation sites (tertiary alicyclic amines) is 1. The average molecular weight is 290 g/mol. The predicted molar refractivity (Wildman–Crippen MR) is 78.2 cm³/mol. The van der Waals surface area contributed by atoms with Gasteiger partial charge in [0.25, 0.3) is 5.69 Å². The van der Waals surface area contributed by atoms with Crippen molar-refractivity contribution in [2.45, 2.75) is 31.3 Å². The molecular weight excluding hydrogens is 272 g/mol. The zero-order valence-electron chi connectivity index (χ0n) is 11.6. The maximum atomic E-state index is 11.2. The SMILES string of the molecule is NC(=O)c1ccc([N+](=O)[O-])c(NC2CCN(C3CC3)C2)c1. The van der Waals surface area contributed by atoms with Crippen molar-refractivity contribution in [1.29, 1.82) is 0 Å². The van der Waals surface area contributed by atoms with E-state index in [1.54, 1.807) is 0 Å². The lowest BCUT2D eigenvalue weighted by Crippen LogP contribution is -2.28. The van der Waals surface area contributed by atoms with Crippen molar-refractivity contribution in [2.24, 2.45) is 5.73 Å². The third-order valence-corrected chi connectivity index (χ3v) is 4.12. The van der Waals surface area contributed by atoms with Crippen LogP contribution in [0.25, 0.3) is 0 Å². The maximum absolute atomic E-state index is 11.2. The molecule has 1 amide bonds. The number of carbonyl (C=O) groups is 1. The molecular formula is C14H18N4O3. The Balaban J connectivity index is 1.77. The van der Waals surface area contributed by atoms with E-state index >= 15 is 0 Å². The second-order valence-electron chi connectivity index (χ2n) is 5.71. The standard InChI is InChI=1S/C14H18N4O3/c15-14(19)9-1-4-13(18(20)21)12(7-9)16-10-5-6-17(8-10)11-2-3-11/h1,4,7,10-11,16H,2-3,5-6,8H2,(H2,15,19). The van der Waals surface area contributed by atoms with Crippen molar-refractivity contribution >= 4 is 17.3 Å². The summed E-state index contributed by atoms with van der Waals surface area (Å²) in [6.07, 6.45) is 3.46. The highest BCUT2D eigenvalue weighted by Crippen LogP contribution is 2.32. The molecule has 0 bridgehead atoms. The molecule has 2 aliphatic rings. The van der Waals surface area contributed by atoms with Gasteiger partial charge in [-0.3, -0.25) is 19.8 Å². The van der Waals surface area contributed by atoms with Gasteiger partial charge >= 0.3 is 0 Å². The number of hydrogen-bond donors (Lipinski definition) is 2. The van der Waals surface area contributed by atoms with Gasteiger partial charge in [0.05, 0.1) is 4.92 Å². The summed E-state index contributed by atoms with van der Waals surface area (Å²) in [5.74, 6) is -0.584. The number of nitrogens with zero attached hydrogens (tertiary/aromatic N) is 2. The normalized spacial score (nSPS) is 22.2. The van der Waals surface area contributed by atoms with Crippen LogP contribution in [0.15, 0.2) is 18.2 Å². The first-order valence-corrected chi connectivity index (χ1v) is 7.13. The highest BCUT2D eigenvalue weighted by molar-refractivity contribution is 5.94. The molecule has 1 aliphatic carbocycles. The molecule has 1 unspecified atom stereocenters. The summed E-state index contributed by atoms with van der Waals surface area (Å²) in [7, 11) is 0. The first-order chi connectivity index (χ1) is 10.0. The molecule has 0 radical (unpaired) electrons. The van der Waals surface area contributed by atoms with Gasteiger partial charge in [-0.1, -0.05) is 0 Å². The van der Waals surface area contributed by atoms with E-state index in [9.17, 15) is 14.9 Å². The van der Waals surface area contributed by atoms with Crippen LogP contribution in [0, 0.1) is 10.1 Å². The highest BCUT2D eigenvalue weighted by atomic mass is 16.6. The number of nitro groups is 1. The maximum Gasteiger partial charge on any atom is 0.292 e. The average Bonchev–Trinajstić information content (AvgIpc) is 3.19. The van der Waals surface area contributed by atoms with Gasteiger partial charge < -0.3 is 11.1 Å². The molecule has 7 heteroatoms. The lowest BCUT2D eigenvalue weighted by Gasteiger charge is -2.17. The van der Waals surface area contributed by atoms with E-state index in [1.165, 1.54) is 31.0 Å². The summed E-state index contributed by atoms with van der Waals surface area (Å²) in [4.78, 5) is 24.3. The molecule has 1 saturated heterocycles. The van der Waals surface area contributed by atoms with Crippen molar-refractivity contribution in [2.75, 3.05) is 18.4 Å². The third-order valence-electron chi connectivity index (χ3n) is 4.12. The lowest BCUT2D eigenvalue weighted by molar-refractivity contribution is -0.384. The molecule has 1 aliphatic heterocycles. The Hall–Kier alpha value is -2.15. The second kappa shape index (κ2) is 5.33. The van der Waals surface area contributed by atoms with Gasteiger partial charge in [-0.2, -0.15) is 0 Å². The number of primary amides is 1. The summed E-state index contributed by atoms with van der Waals surface area (Å²) in [6, 6.07) is 5.06. The van der Waals surface area contributed by atoms with Gasteiger partial charge in [0.2, 0.25) is 5.91 Å². The number of carbonyl (C=O) groups excluding carboxylic acids is 1. The molecule has 21 heavy (non-hydrogen) atoms. The molecule has 3 rings (SSSR count). The summed E-state index contributed by atoms with van der Waals surface area (Å²) in [5.41, 5.74) is 5.87. The summed E-state index contributed by atoms with van der Waals surface area (Å²) < 4.78 is 0. The quantitative estimate of drug-likeness (QED) is 0.629. The van der Waals surface area contributed by atoms with E-state index in [1.807, 2.05) is 0 Å². The van der Waals surface area contributed by atoms with Gasteiger partial charge in [-0.05, 0) is 31.4 Å². The zero-order valence-corrected chi connectivity index (χ0v) is 11.6. The van der Waals surface area contributed by atoms with Crippen LogP contribution < -0.4 is 11.1 Å². The van der Waals surface area contributed by atoms with Gasteiger partial charge in [0.15, 0.2) is 0 Å². The number of amides is 1. The number of hydrogen-bond acceptors (Lipinski definition) is 5. The van der Waals surface area contributed by atoms with Gasteiger partial charge in [0, 0.05) is 36.8 Å². The van der Waals surface area contributed by atoms with Crippen LogP contribution in [0.5, 0.6) is 0 Å². The Kier molecular flexibility index (Phi) is 3.50. The summed E-state index contributed by atoms with van der Waals surface area (Å²) in [5, 5.41) is 14.3. The number of nitro benzene ring substituents is 1. The molecule has 3 N–H and O–H groups in total. The Labute approximate surface area is 122 Å². The van der Waals surface area contributed by atoms with E-state index in [-0.39, 0.29) is 17.3 Å². The Morgan fingerprint density at radius 1 is 1.38 bits per heavy atom. The fourth-order valence-corrected chi connectivity index (χ4v) is 2.86. The summed E-state index contributed by atoms with van der Waals surface area (Å²) >= 11 is 0. The molecule has 1 saturated carbocycles. The first kappa shape index (κ1) is 13.8. The van der Waals surface area contributed by atoms with E-state index in [0.29, 0.717) is 11.7 Å². The van der Waals surface area contributed by atoms with Crippen molar-refractivity contribution < 1.29 is 9.72 Å². The molecule has 1 atom stereocenters. The third kappa shape index (κ3) is 2.97. The van der Waals surface area contributed by atoms with Gasteiger partial charge in [-0.25, -0.2) is 0 Å². The molecule has 1 aromatic rings. The van der Waals surface area contributed by atoms with Gasteiger partial charge in [-0.15, -0.1) is 0 Å². The van der Waals surface area contributed by atoms with Crippen molar-refractivity contribution in [3.8, 4) is 0 Å². The minimum Gasteiger partial charge on any atom is -0.375 e. The number of anilines is 1. The van der Waals surface area contributed by atoms with E-state index in [4.69, 9.17) is 5.73 Å². The Morgan fingerprint density at radius 2 is 2.14 bits per heavy atom. The van der Waals surface area contributed by atoms with Crippen LogP contribution in [0.2, 0.25) is 0 Å². The van der Waals surface area contributed by atoms with Crippen LogP contribution >= 0.6 is 0 Å². The van der Waals surface area contributed by atoms with Crippen LogP contribution in [0.3, 0.4) is 0 Å². The van der Waals surface area contributed by atoms with Crippen LogP contribution in [0.1, 0.15) is 29.6 Å². The number of nitrogens with two attached hydrogens (primary N) is 1. The van der Waals surface area contributed by atoms with Crippen LogP contribution in [-0.2, 0) is 0 Å². The molecule has 1 aromatic carbocycles. The first-order valence-electron chi connectivity index (χ1n) is 7.13. The monoisotopic (exact) mass is 290 g/mol. The Bertz CT molecular complexity index is 586. The fourth-order valence-electron chi connectivity index (χ4n) is 2.86. The van der Waals surface area contributed by atoms with Crippen molar-refractivity contribution in [1.82, 2.24) is 4.90 Å². The minimum absolute atomic E-state index is 0.0233. The van der Waals surface area contributed by atoms with E-state index < -0.39 is 10.8 Å².